The summed E-state index contributed by atoms with van der Waals surface area (Å²) in [6, 6.07) is 0. The fourth-order valence-electron chi connectivity index (χ4n) is 2.31. The van der Waals surface area contributed by atoms with Crippen LogP contribution in [0.25, 0.3) is 0 Å². The first kappa shape index (κ1) is 12.6. The lowest BCUT2D eigenvalue weighted by Gasteiger charge is -2.18. The van der Waals surface area contributed by atoms with Crippen LogP contribution in [0.2, 0.25) is 0 Å². The van der Waals surface area contributed by atoms with E-state index in [0.29, 0.717) is 18.8 Å². The van der Waals surface area contributed by atoms with Gasteiger partial charge in [-0.2, -0.15) is 0 Å². The molecule has 1 aromatic rings. The van der Waals surface area contributed by atoms with Gasteiger partial charge in [0.2, 0.25) is 0 Å². The Morgan fingerprint density at radius 1 is 1.47 bits per heavy atom. The average molecular weight is 253 g/mol. The van der Waals surface area contributed by atoms with Gasteiger partial charge in [0.25, 0.3) is 0 Å². The third-order valence-electron chi connectivity index (χ3n) is 3.34. The summed E-state index contributed by atoms with van der Waals surface area (Å²) in [7, 11) is 1.43. The van der Waals surface area contributed by atoms with Crippen molar-refractivity contribution in [1.82, 2.24) is 4.98 Å². The molecule has 1 aliphatic carbocycles. The normalized spacial score (nSPS) is 17.0. The molecule has 1 fully saturated rings. The van der Waals surface area contributed by atoms with Crippen LogP contribution in [0.15, 0.2) is 5.38 Å². The molecule has 0 aliphatic heterocycles. The van der Waals surface area contributed by atoms with Crippen molar-refractivity contribution >= 4 is 17.3 Å². The second kappa shape index (κ2) is 6.15. The van der Waals surface area contributed by atoms with E-state index >= 15 is 0 Å². The first-order valence-electron chi connectivity index (χ1n) is 6.30. The summed E-state index contributed by atoms with van der Waals surface area (Å²) in [6.07, 6.45) is 7.74. The predicted molar refractivity (Wildman–Crippen MR) is 68.3 cm³/mol. The zero-order valence-corrected chi connectivity index (χ0v) is 11.1. The second-order valence-corrected chi connectivity index (χ2v) is 5.48. The number of hydrogen-bond acceptors (Lipinski definition) is 4. The van der Waals surface area contributed by atoms with Gasteiger partial charge in [-0.1, -0.05) is 19.3 Å². The topological polar surface area (TPSA) is 39.2 Å². The second-order valence-electron chi connectivity index (χ2n) is 4.59. The van der Waals surface area contributed by atoms with Gasteiger partial charge in [-0.15, -0.1) is 11.3 Å². The molecule has 0 N–H and O–H groups in total. The van der Waals surface area contributed by atoms with Crippen molar-refractivity contribution in [2.45, 2.75) is 50.9 Å². The molecule has 0 saturated heterocycles. The van der Waals surface area contributed by atoms with Crippen LogP contribution in [0.1, 0.15) is 55.1 Å². The first-order valence-corrected chi connectivity index (χ1v) is 7.18. The average Bonchev–Trinajstić information content (AvgIpc) is 2.86. The van der Waals surface area contributed by atoms with E-state index in [1.165, 1.54) is 44.2 Å². The number of methoxy groups -OCH3 is 1. The summed E-state index contributed by atoms with van der Waals surface area (Å²) < 4.78 is 4.63. The molecular formula is C13H19NO2S. The maximum atomic E-state index is 11.0. The Labute approximate surface area is 106 Å². The molecule has 0 spiro atoms. The summed E-state index contributed by atoms with van der Waals surface area (Å²) in [5, 5.41) is 3.36. The van der Waals surface area contributed by atoms with Gasteiger partial charge in [-0.25, -0.2) is 4.98 Å². The highest BCUT2D eigenvalue weighted by Gasteiger charge is 2.18. The van der Waals surface area contributed by atoms with Gasteiger partial charge in [0.15, 0.2) is 0 Å². The smallest absolute Gasteiger partial charge is 0.305 e. The number of esters is 1. The molecule has 4 heteroatoms. The van der Waals surface area contributed by atoms with E-state index in [2.05, 4.69) is 15.1 Å². The molecular weight excluding hydrogens is 234 g/mol. The first-order chi connectivity index (χ1) is 8.29. The number of hydrogen-bond donors (Lipinski definition) is 0. The zero-order chi connectivity index (χ0) is 12.1. The number of thiazole rings is 1. The Hall–Kier alpha value is -0.900. The monoisotopic (exact) mass is 253 g/mol. The van der Waals surface area contributed by atoms with E-state index in [1.54, 1.807) is 11.3 Å². The quantitative estimate of drug-likeness (QED) is 0.773. The third kappa shape index (κ3) is 3.53. The maximum Gasteiger partial charge on any atom is 0.305 e. The van der Waals surface area contributed by atoms with E-state index in [4.69, 9.17) is 0 Å². The van der Waals surface area contributed by atoms with Crippen molar-refractivity contribution < 1.29 is 9.53 Å². The molecule has 0 radical (unpaired) electrons. The number of carbonyl (C=O) groups excluding carboxylic acids is 1. The van der Waals surface area contributed by atoms with Crippen LogP contribution >= 0.6 is 11.3 Å². The third-order valence-corrected chi connectivity index (χ3v) is 4.39. The molecule has 1 aliphatic rings. The number of ether oxygens (including phenoxy) is 1. The Morgan fingerprint density at radius 2 is 2.24 bits per heavy atom. The van der Waals surface area contributed by atoms with Crippen LogP contribution in [-0.4, -0.2) is 18.1 Å². The molecule has 3 nitrogen and oxygen atoms in total. The van der Waals surface area contributed by atoms with Crippen LogP contribution in [0.3, 0.4) is 0 Å². The van der Waals surface area contributed by atoms with E-state index in [9.17, 15) is 4.79 Å². The number of nitrogens with zero attached hydrogens (tertiary/aromatic N) is 1. The van der Waals surface area contributed by atoms with Gasteiger partial charge in [0, 0.05) is 17.7 Å². The van der Waals surface area contributed by atoms with Crippen LogP contribution in [0.4, 0.5) is 0 Å². The largest absolute Gasteiger partial charge is 0.469 e. The Bertz CT molecular complexity index is 369. The minimum atomic E-state index is -0.155. The van der Waals surface area contributed by atoms with Crippen LogP contribution < -0.4 is 0 Å². The summed E-state index contributed by atoms with van der Waals surface area (Å²) in [5.74, 6) is 0.512. The Balaban J connectivity index is 1.88. The summed E-state index contributed by atoms with van der Waals surface area (Å²) in [6.45, 7) is 0. The highest BCUT2D eigenvalue weighted by atomic mass is 32.1. The number of rotatable bonds is 4. The molecule has 0 atom stereocenters. The van der Waals surface area contributed by atoms with Crippen LogP contribution in [0.5, 0.6) is 0 Å². The van der Waals surface area contributed by atoms with Gasteiger partial charge in [0.1, 0.15) is 0 Å². The molecule has 94 valence electrons. The SMILES string of the molecule is COC(=O)CCc1csc(C2CCCCC2)n1. The molecule has 17 heavy (non-hydrogen) atoms. The van der Waals surface area contributed by atoms with Gasteiger partial charge in [-0.05, 0) is 12.8 Å². The molecule has 0 amide bonds. The Kier molecular flexibility index (Phi) is 4.54. The number of carbonyl (C=O) groups is 1. The van der Waals surface area contributed by atoms with E-state index in [-0.39, 0.29) is 5.97 Å². The highest BCUT2D eigenvalue weighted by Crippen LogP contribution is 2.34. The van der Waals surface area contributed by atoms with Crippen molar-refractivity contribution in [1.29, 1.82) is 0 Å². The molecule has 2 rings (SSSR count). The fraction of sp³-hybridized carbons (Fsp3) is 0.692. The number of aryl methyl sites for hydroxylation is 1. The lowest BCUT2D eigenvalue weighted by atomic mass is 9.90. The fourth-order valence-corrected chi connectivity index (χ4v) is 3.33. The van der Waals surface area contributed by atoms with Crippen molar-refractivity contribution in [2.24, 2.45) is 0 Å². The van der Waals surface area contributed by atoms with Gasteiger partial charge in [0.05, 0.1) is 24.2 Å². The summed E-state index contributed by atoms with van der Waals surface area (Å²) in [5.41, 5.74) is 1.04. The summed E-state index contributed by atoms with van der Waals surface area (Å²) >= 11 is 1.75. The van der Waals surface area contributed by atoms with Crippen molar-refractivity contribution in [3.05, 3.63) is 16.1 Å². The van der Waals surface area contributed by atoms with Crippen molar-refractivity contribution in [3.8, 4) is 0 Å². The Morgan fingerprint density at radius 3 is 2.94 bits per heavy atom. The van der Waals surface area contributed by atoms with E-state index in [1.807, 2.05) is 0 Å². The van der Waals surface area contributed by atoms with Crippen LogP contribution in [-0.2, 0) is 16.0 Å². The molecule has 0 bridgehead atoms. The molecule has 0 aromatic carbocycles. The molecule has 1 aromatic heterocycles. The van der Waals surface area contributed by atoms with Gasteiger partial charge >= 0.3 is 5.97 Å². The highest BCUT2D eigenvalue weighted by molar-refractivity contribution is 7.09. The van der Waals surface area contributed by atoms with Gasteiger partial charge < -0.3 is 4.74 Å². The maximum absolute atomic E-state index is 11.0. The van der Waals surface area contributed by atoms with Gasteiger partial charge in [-0.3, -0.25) is 4.79 Å². The summed E-state index contributed by atoms with van der Waals surface area (Å²) in [4.78, 5) is 15.7. The molecule has 1 heterocycles. The molecule has 0 unspecified atom stereocenters. The minimum absolute atomic E-state index is 0.155. The van der Waals surface area contributed by atoms with Crippen LogP contribution in [0, 0.1) is 0 Å². The lowest BCUT2D eigenvalue weighted by Crippen LogP contribution is -2.05. The number of aromatic nitrogens is 1. The van der Waals surface area contributed by atoms with Crippen molar-refractivity contribution in [2.75, 3.05) is 7.11 Å². The lowest BCUT2D eigenvalue weighted by molar-refractivity contribution is -0.140. The zero-order valence-electron chi connectivity index (χ0n) is 10.3. The predicted octanol–water partition coefficient (Wildman–Crippen LogP) is 3.30. The minimum Gasteiger partial charge on any atom is -0.469 e. The standard InChI is InChI=1S/C13H19NO2S/c1-16-12(15)8-7-11-9-17-13(14-11)10-5-3-2-4-6-10/h9-10H,2-8H2,1H3. The molecule has 1 saturated carbocycles. The van der Waals surface area contributed by atoms with E-state index < -0.39 is 0 Å². The van der Waals surface area contributed by atoms with E-state index in [0.717, 1.165) is 5.69 Å². The van der Waals surface area contributed by atoms with Crippen molar-refractivity contribution in [3.63, 3.8) is 0 Å².